The number of aromatic nitrogens is 2. The SMILES string of the molecule is C[C@@H]1CCC[NH+](Cc2c(O)ccc3cc(-c4nc5ccccc5[nH]4)c(=O)oc23)C1. The molecule has 0 saturated carbocycles. The van der Waals surface area contributed by atoms with Crippen LogP contribution in [0, 0.1) is 5.92 Å². The number of para-hydroxylation sites is 2. The molecule has 4 aromatic rings. The van der Waals surface area contributed by atoms with E-state index in [1.165, 1.54) is 17.7 Å². The normalized spacial score (nSPS) is 19.8. The van der Waals surface area contributed by atoms with Crippen LogP contribution in [0.4, 0.5) is 0 Å². The van der Waals surface area contributed by atoms with Gasteiger partial charge in [-0.05, 0) is 43.2 Å². The monoisotopic (exact) mass is 390 g/mol. The van der Waals surface area contributed by atoms with Crippen LogP contribution in [0.15, 0.2) is 51.7 Å². The number of phenols is 1. The van der Waals surface area contributed by atoms with Gasteiger partial charge in [0.25, 0.3) is 0 Å². The van der Waals surface area contributed by atoms with Crippen molar-refractivity contribution in [2.24, 2.45) is 5.92 Å². The van der Waals surface area contributed by atoms with Crippen molar-refractivity contribution in [2.45, 2.75) is 26.3 Å². The van der Waals surface area contributed by atoms with Gasteiger partial charge < -0.3 is 19.4 Å². The highest BCUT2D eigenvalue weighted by molar-refractivity contribution is 5.86. The van der Waals surface area contributed by atoms with Crippen LogP contribution in [0.5, 0.6) is 5.75 Å². The largest absolute Gasteiger partial charge is 0.507 e. The summed E-state index contributed by atoms with van der Waals surface area (Å²) < 4.78 is 5.73. The number of phenolic OH excluding ortho intramolecular Hbond substituents is 1. The number of fused-ring (bicyclic) bond motifs is 2. The summed E-state index contributed by atoms with van der Waals surface area (Å²) in [5.41, 5.74) is 2.79. The molecule has 5 rings (SSSR count). The second-order valence-electron chi connectivity index (χ2n) is 8.16. The number of nitrogens with zero attached hydrogens (tertiary/aromatic N) is 1. The Balaban J connectivity index is 1.59. The van der Waals surface area contributed by atoms with Crippen LogP contribution in [-0.4, -0.2) is 28.2 Å². The van der Waals surface area contributed by atoms with Crippen LogP contribution in [-0.2, 0) is 6.54 Å². The zero-order valence-corrected chi connectivity index (χ0v) is 16.4. The first kappa shape index (κ1) is 17.9. The van der Waals surface area contributed by atoms with Crippen LogP contribution in [0.2, 0.25) is 0 Å². The summed E-state index contributed by atoms with van der Waals surface area (Å²) in [4.78, 5) is 21.9. The molecule has 0 spiro atoms. The third-order valence-electron chi connectivity index (χ3n) is 5.92. The summed E-state index contributed by atoms with van der Waals surface area (Å²) in [6, 6.07) is 12.9. The van der Waals surface area contributed by atoms with Gasteiger partial charge in [-0.15, -0.1) is 0 Å². The van der Waals surface area contributed by atoms with Gasteiger partial charge in [0.15, 0.2) is 5.58 Å². The standard InChI is InChI=1S/C23H23N3O3/c1-14-5-4-10-26(12-14)13-17-20(27)9-8-15-11-16(23(28)29-21(15)17)22-24-18-6-2-3-7-19(18)25-22/h2-3,6-9,11,14,27H,4-5,10,12-13H2,1H3,(H,24,25)/p+1/t14-/m1/s1. The number of imidazole rings is 1. The van der Waals surface area contributed by atoms with Crippen molar-refractivity contribution >= 4 is 22.0 Å². The lowest BCUT2D eigenvalue weighted by Gasteiger charge is -2.28. The number of likely N-dealkylation sites (tertiary alicyclic amines) is 1. The number of benzene rings is 2. The smallest absolute Gasteiger partial charge is 0.347 e. The summed E-state index contributed by atoms with van der Waals surface area (Å²) in [5, 5.41) is 11.3. The highest BCUT2D eigenvalue weighted by Gasteiger charge is 2.23. The second kappa shape index (κ2) is 7.04. The number of quaternary nitrogens is 1. The molecule has 0 bridgehead atoms. The van der Waals surface area contributed by atoms with E-state index in [1.54, 1.807) is 18.2 Å². The predicted octanol–water partition coefficient (Wildman–Crippen LogP) is 2.86. The highest BCUT2D eigenvalue weighted by Crippen LogP contribution is 2.28. The van der Waals surface area contributed by atoms with E-state index in [-0.39, 0.29) is 5.75 Å². The number of nitrogens with one attached hydrogen (secondary N) is 2. The molecule has 1 saturated heterocycles. The number of hydrogen-bond donors (Lipinski definition) is 3. The molecule has 2 aromatic carbocycles. The molecule has 148 valence electrons. The molecule has 29 heavy (non-hydrogen) atoms. The molecule has 1 unspecified atom stereocenters. The minimum absolute atomic E-state index is 0.183. The number of hydrogen-bond acceptors (Lipinski definition) is 4. The van der Waals surface area contributed by atoms with Gasteiger partial charge in [0.05, 0.1) is 29.7 Å². The Morgan fingerprint density at radius 2 is 2.14 bits per heavy atom. The average Bonchev–Trinajstić information content (AvgIpc) is 3.14. The molecule has 3 heterocycles. The van der Waals surface area contributed by atoms with Crippen LogP contribution in [0.1, 0.15) is 25.3 Å². The van der Waals surface area contributed by atoms with E-state index in [0.717, 1.165) is 29.5 Å². The van der Waals surface area contributed by atoms with E-state index in [0.29, 0.717) is 35.0 Å². The molecule has 6 nitrogen and oxygen atoms in total. The van der Waals surface area contributed by atoms with Gasteiger partial charge in [0.2, 0.25) is 0 Å². The van der Waals surface area contributed by atoms with Crippen LogP contribution in [0.3, 0.4) is 0 Å². The number of H-pyrrole nitrogens is 1. The number of rotatable bonds is 3. The number of piperidine rings is 1. The summed E-state index contributed by atoms with van der Waals surface area (Å²) in [7, 11) is 0. The lowest BCUT2D eigenvalue weighted by atomic mass is 9.99. The van der Waals surface area contributed by atoms with Gasteiger partial charge in [-0.1, -0.05) is 19.1 Å². The zero-order valence-electron chi connectivity index (χ0n) is 16.4. The van der Waals surface area contributed by atoms with Crippen LogP contribution >= 0.6 is 0 Å². The van der Waals surface area contributed by atoms with Gasteiger partial charge in [-0.3, -0.25) is 0 Å². The van der Waals surface area contributed by atoms with Crippen molar-refractivity contribution in [3.05, 3.63) is 58.4 Å². The molecule has 1 aliphatic heterocycles. The Hall–Kier alpha value is -3.12. The molecule has 0 aliphatic carbocycles. The Labute approximate surface area is 167 Å². The minimum atomic E-state index is -0.453. The van der Waals surface area contributed by atoms with Crippen LogP contribution in [0.25, 0.3) is 33.4 Å². The maximum absolute atomic E-state index is 12.8. The first-order valence-corrected chi connectivity index (χ1v) is 10.2. The molecule has 0 radical (unpaired) electrons. The van der Waals surface area contributed by atoms with E-state index < -0.39 is 5.63 Å². The third kappa shape index (κ3) is 3.29. The Morgan fingerprint density at radius 1 is 1.28 bits per heavy atom. The molecule has 3 N–H and O–H groups in total. The van der Waals surface area contributed by atoms with E-state index in [2.05, 4.69) is 16.9 Å². The topological polar surface area (TPSA) is 83.6 Å². The maximum atomic E-state index is 12.8. The Bertz CT molecular complexity index is 1220. The van der Waals surface area contributed by atoms with Crippen molar-refractivity contribution < 1.29 is 14.4 Å². The first-order valence-electron chi connectivity index (χ1n) is 10.2. The van der Waals surface area contributed by atoms with E-state index in [1.807, 2.05) is 24.3 Å². The quantitative estimate of drug-likeness (QED) is 0.470. The molecular weight excluding hydrogens is 366 g/mol. The van der Waals surface area contributed by atoms with E-state index in [4.69, 9.17) is 4.42 Å². The molecule has 2 aromatic heterocycles. The third-order valence-corrected chi connectivity index (χ3v) is 5.92. The lowest BCUT2D eigenvalue weighted by molar-refractivity contribution is -0.922. The van der Waals surface area contributed by atoms with E-state index >= 15 is 0 Å². The fraction of sp³-hybridized carbons (Fsp3) is 0.304. The Morgan fingerprint density at radius 3 is 2.97 bits per heavy atom. The average molecular weight is 390 g/mol. The Kier molecular flexibility index (Phi) is 4.36. The first-order chi connectivity index (χ1) is 14.1. The summed E-state index contributed by atoms with van der Waals surface area (Å²) in [6.45, 7) is 5.06. The maximum Gasteiger partial charge on any atom is 0.347 e. The molecule has 0 amide bonds. The van der Waals surface area contributed by atoms with E-state index in [9.17, 15) is 9.90 Å². The summed E-state index contributed by atoms with van der Waals surface area (Å²) in [5.74, 6) is 1.34. The second-order valence-corrected chi connectivity index (χ2v) is 8.16. The number of aromatic amines is 1. The van der Waals surface area contributed by atoms with Crippen LogP contribution < -0.4 is 10.5 Å². The summed E-state index contributed by atoms with van der Waals surface area (Å²) >= 11 is 0. The molecule has 2 atom stereocenters. The van der Waals surface area contributed by atoms with Crippen molar-refractivity contribution in [3.8, 4) is 17.1 Å². The van der Waals surface area contributed by atoms with Crippen molar-refractivity contribution in [1.82, 2.24) is 9.97 Å². The van der Waals surface area contributed by atoms with Gasteiger partial charge in [-0.25, -0.2) is 9.78 Å². The summed E-state index contributed by atoms with van der Waals surface area (Å²) in [6.07, 6.45) is 2.43. The van der Waals surface area contributed by atoms with Crippen molar-refractivity contribution in [3.63, 3.8) is 0 Å². The molecule has 1 aliphatic rings. The number of aromatic hydroxyl groups is 1. The van der Waals surface area contributed by atoms with Gasteiger partial charge in [0, 0.05) is 11.3 Å². The fourth-order valence-electron chi connectivity index (χ4n) is 4.46. The van der Waals surface area contributed by atoms with Gasteiger partial charge >= 0.3 is 5.63 Å². The zero-order chi connectivity index (χ0) is 20.0. The fourth-order valence-corrected chi connectivity index (χ4v) is 4.46. The highest BCUT2D eigenvalue weighted by atomic mass is 16.4. The van der Waals surface area contributed by atoms with Crippen molar-refractivity contribution in [2.75, 3.05) is 13.1 Å². The molecule has 6 heteroatoms. The molecular formula is C23H24N3O3+. The molecule has 1 fully saturated rings. The van der Waals surface area contributed by atoms with Gasteiger partial charge in [-0.2, -0.15) is 0 Å². The predicted molar refractivity (Wildman–Crippen MR) is 112 cm³/mol. The minimum Gasteiger partial charge on any atom is -0.507 e. The lowest BCUT2D eigenvalue weighted by Crippen LogP contribution is -3.12. The van der Waals surface area contributed by atoms with Crippen molar-refractivity contribution in [1.29, 1.82) is 0 Å². The van der Waals surface area contributed by atoms with Gasteiger partial charge in [0.1, 0.15) is 23.7 Å².